The molecule has 4 fully saturated rings. The molecule has 0 saturated heterocycles. The Balaban J connectivity index is 1.38. The van der Waals surface area contributed by atoms with E-state index in [9.17, 15) is 10.1 Å². The molecule has 2 aromatic rings. The topological polar surface area (TPSA) is 59.3 Å². The number of hydrogen-bond acceptors (Lipinski definition) is 4. The Labute approximate surface area is 183 Å². The average Bonchev–Trinajstić information content (AvgIpc) is 2.78. The van der Waals surface area contributed by atoms with Crippen LogP contribution in [0.3, 0.4) is 0 Å². The summed E-state index contributed by atoms with van der Waals surface area (Å²) in [4.78, 5) is 13.3. The summed E-state index contributed by atoms with van der Waals surface area (Å²) in [5.74, 6) is 2.95. The van der Waals surface area contributed by atoms with Crippen molar-refractivity contribution in [1.29, 1.82) is 5.26 Å². The zero-order chi connectivity index (χ0) is 21.4. The summed E-state index contributed by atoms with van der Waals surface area (Å²) in [5.41, 5.74) is 1.95. The molecule has 0 amide bonds. The number of nitriles is 1. The fraction of sp³-hybridized carbons (Fsp3) is 0.407. The maximum atomic E-state index is 13.3. The summed E-state index contributed by atoms with van der Waals surface area (Å²) in [6.45, 7) is 0. The van der Waals surface area contributed by atoms with Gasteiger partial charge in [-0.25, -0.2) is 0 Å². The first-order valence-corrected chi connectivity index (χ1v) is 11.2. The van der Waals surface area contributed by atoms with Crippen LogP contribution in [0.15, 0.2) is 48.5 Å². The molecule has 4 nitrogen and oxygen atoms in total. The second-order valence-corrected chi connectivity index (χ2v) is 9.53. The van der Waals surface area contributed by atoms with Gasteiger partial charge in [0.2, 0.25) is 0 Å². The quantitative estimate of drug-likeness (QED) is 0.266. The highest BCUT2D eigenvalue weighted by Gasteiger charge is 2.55. The Bertz CT molecular complexity index is 1030. The first kappa shape index (κ1) is 19.9. The second-order valence-electron chi connectivity index (χ2n) is 9.53. The number of carbonyl (C=O) groups excluding carboxylic acids is 1. The summed E-state index contributed by atoms with van der Waals surface area (Å²) >= 11 is 0. The third-order valence-corrected chi connectivity index (χ3v) is 7.38. The minimum atomic E-state index is -0.306. The number of ether oxygens (including phenoxy) is 2. The van der Waals surface area contributed by atoms with Gasteiger partial charge in [0.15, 0.2) is 11.5 Å². The Morgan fingerprint density at radius 2 is 1.65 bits per heavy atom. The monoisotopic (exact) mass is 413 g/mol. The fourth-order valence-corrected chi connectivity index (χ4v) is 6.39. The summed E-state index contributed by atoms with van der Waals surface area (Å²) < 4.78 is 11.5. The van der Waals surface area contributed by atoms with Gasteiger partial charge in [-0.2, -0.15) is 5.26 Å². The van der Waals surface area contributed by atoms with E-state index in [2.05, 4.69) is 6.07 Å². The van der Waals surface area contributed by atoms with Crippen molar-refractivity contribution in [3.8, 4) is 17.6 Å². The van der Waals surface area contributed by atoms with Crippen LogP contribution in [0, 0.1) is 34.5 Å². The van der Waals surface area contributed by atoms with Crippen LogP contribution in [0.2, 0.25) is 0 Å². The Morgan fingerprint density at radius 1 is 1.00 bits per heavy atom. The number of rotatable bonds is 5. The standard InChI is InChI=1S/C27H27NO3/c1-30-25-13-18(12-23(17-28)22-5-3-2-4-6-22)7-8-24(25)31-26(29)27-14-19-9-20(15-27)11-21(10-19)16-27/h2-8,12-13,19-21H,9-11,14-16H2,1H3/b23-12-. The van der Waals surface area contributed by atoms with Crippen LogP contribution >= 0.6 is 0 Å². The molecule has 0 unspecified atom stereocenters. The van der Waals surface area contributed by atoms with Crippen molar-refractivity contribution in [3.63, 3.8) is 0 Å². The first-order valence-electron chi connectivity index (χ1n) is 11.2. The van der Waals surface area contributed by atoms with Crippen molar-refractivity contribution in [1.82, 2.24) is 0 Å². The molecule has 4 saturated carbocycles. The van der Waals surface area contributed by atoms with E-state index in [0.717, 1.165) is 30.4 Å². The third kappa shape index (κ3) is 3.74. The molecule has 0 N–H and O–H groups in total. The van der Waals surface area contributed by atoms with Crippen LogP contribution in [-0.4, -0.2) is 13.1 Å². The third-order valence-electron chi connectivity index (χ3n) is 7.38. The second kappa shape index (κ2) is 7.89. The van der Waals surface area contributed by atoms with Crippen LogP contribution in [0.25, 0.3) is 11.6 Å². The van der Waals surface area contributed by atoms with Gasteiger partial charge >= 0.3 is 5.97 Å². The Morgan fingerprint density at radius 3 is 2.23 bits per heavy atom. The number of nitrogens with zero attached hydrogens (tertiary/aromatic N) is 1. The molecular formula is C27H27NO3. The van der Waals surface area contributed by atoms with E-state index in [1.165, 1.54) is 19.3 Å². The van der Waals surface area contributed by atoms with Gasteiger partial charge in [-0.1, -0.05) is 36.4 Å². The summed E-state index contributed by atoms with van der Waals surface area (Å²) in [7, 11) is 1.58. The van der Waals surface area contributed by atoms with Crippen molar-refractivity contribution in [2.75, 3.05) is 7.11 Å². The fourth-order valence-electron chi connectivity index (χ4n) is 6.39. The normalized spacial score (nSPS) is 28.8. The van der Waals surface area contributed by atoms with E-state index in [4.69, 9.17) is 9.47 Å². The molecule has 0 atom stereocenters. The minimum absolute atomic E-state index is 0.0878. The number of allylic oxidation sites excluding steroid dienone is 1. The van der Waals surface area contributed by atoms with Crippen LogP contribution in [0.4, 0.5) is 0 Å². The zero-order valence-corrected chi connectivity index (χ0v) is 17.8. The number of benzene rings is 2. The summed E-state index contributed by atoms with van der Waals surface area (Å²) in [6, 6.07) is 17.3. The van der Waals surface area contributed by atoms with Gasteiger partial charge in [0, 0.05) is 0 Å². The Kier molecular flexibility index (Phi) is 5.06. The van der Waals surface area contributed by atoms with Gasteiger partial charge in [0.1, 0.15) is 0 Å². The van der Waals surface area contributed by atoms with Crippen LogP contribution in [-0.2, 0) is 4.79 Å². The SMILES string of the molecule is COc1cc(/C=C(/C#N)c2ccccc2)ccc1OC(=O)C12CC3CC(CC(C3)C1)C2. The molecule has 0 aliphatic heterocycles. The Hall–Kier alpha value is -3.06. The predicted molar refractivity (Wildman–Crippen MR) is 119 cm³/mol. The number of esters is 1. The first-order chi connectivity index (χ1) is 15.1. The van der Waals surface area contributed by atoms with E-state index in [-0.39, 0.29) is 11.4 Å². The predicted octanol–water partition coefficient (Wildman–Crippen LogP) is 5.88. The van der Waals surface area contributed by atoms with E-state index in [1.54, 1.807) is 13.2 Å². The molecular weight excluding hydrogens is 386 g/mol. The van der Waals surface area contributed by atoms with Gasteiger partial charge in [-0.3, -0.25) is 4.79 Å². The molecule has 4 heteroatoms. The van der Waals surface area contributed by atoms with Crippen molar-refractivity contribution < 1.29 is 14.3 Å². The van der Waals surface area contributed by atoms with Gasteiger partial charge in [-0.05, 0) is 85.6 Å². The van der Waals surface area contributed by atoms with Crippen molar-refractivity contribution in [3.05, 3.63) is 59.7 Å². The molecule has 0 radical (unpaired) electrons. The molecule has 2 aromatic carbocycles. The summed E-state index contributed by atoms with van der Waals surface area (Å²) in [5, 5.41) is 9.57. The lowest BCUT2D eigenvalue weighted by Gasteiger charge is -2.55. The van der Waals surface area contributed by atoms with E-state index < -0.39 is 0 Å². The molecule has 6 rings (SSSR count). The van der Waals surface area contributed by atoms with Gasteiger partial charge in [0.25, 0.3) is 0 Å². The number of carbonyl (C=O) groups is 1. The smallest absolute Gasteiger partial charge is 0.317 e. The molecule has 4 aliphatic carbocycles. The van der Waals surface area contributed by atoms with E-state index >= 15 is 0 Å². The van der Waals surface area contributed by atoms with Crippen molar-refractivity contribution in [2.24, 2.45) is 23.2 Å². The largest absolute Gasteiger partial charge is 0.493 e. The highest BCUT2D eigenvalue weighted by Crippen LogP contribution is 2.60. The molecule has 158 valence electrons. The highest BCUT2D eigenvalue weighted by molar-refractivity contribution is 5.90. The molecule has 0 aromatic heterocycles. The van der Waals surface area contributed by atoms with Crippen molar-refractivity contribution >= 4 is 17.6 Å². The lowest BCUT2D eigenvalue weighted by atomic mass is 9.49. The van der Waals surface area contributed by atoms with Gasteiger partial charge in [0.05, 0.1) is 24.2 Å². The van der Waals surface area contributed by atoms with Crippen LogP contribution in [0.1, 0.15) is 49.7 Å². The zero-order valence-electron chi connectivity index (χ0n) is 17.8. The average molecular weight is 414 g/mol. The maximum absolute atomic E-state index is 13.3. The molecule has 0 spiro atoms. The van der Waals surface area contributed by atoms with E-state index in [1.807, 2.05) is 48.5 Å². The lowest BCUT2D eigenvalue weighted by Crippen LogP contribution is -2.51. The van der Waals surface area contributed by atoms with Gasteiger partial charge in [-0.15, -0.1) is 0 Å². The molecule has 4 bridgehead atoms. The highest BCUT2D eigenvalue weighted by atomic mass is 16.6. The minimum Gasteiger partial charge on any atom is -0.493 e. The number of methoxy groups -OCH3 is 1. The molecule has 0 heterocycles. The summed E-state index contributed by atoms with van der Waals surface area (Å²) in [6.07, 6.45) is 8.62. The molecule has 31 heavy (non-hydrogen) atoms. The van der Waals surface area contributed by atoms with E-state index in [0.29, 0.717) is 34.8 Å². The van der Waals surface area contributed by atoms with Crippen molar-refractivity contribution in [2.45, 2.75) is 38.5 Å². The molecule has 4 aliphatic rings. The number of hydrogen-bond donors (Lipinski definition) is 0. The van der Waals surface area contributed by atoms with Crippen LogP contribution in [0.5, 0.6) is 11.5 Å². The maximum Gasteiger partial charge on any atom is 0.317 e. The van der Waals surface area contributed by atoms with Crippen LogP contribution < -0.4 is 9.47 Å². The van der Waals surface area contributed by atoms with Gasteiger partial charge < -0.3 is 9.47 Å². The lowest BCUT2D eigenvalue weighted by molar-refractivity contribution is -0.161.